The summed E-state index contributed by atoms with van der Waals surface area (Å²) in [5, 5.41) is 16.5. The first-order chi connectivity index (χ1) is 18.0. The molecule has 0 bridgehead atoms. The summed E-state index contributed by atoms with van der Waals surface area (Å²) in [6.45, 7) is 4.07. The van der Waals surface area contributed by atoms with Crippen molar-refractivity contribution in [2.75, 3.05) is 12.4 Å². The van der Waals surface area contributed by atoms with Gasteiger partial charge in [-0.25, -0.2) is 4.99 Å². The van der Waals surface area contributed by atoms with E-state index in [0.717, 1.165) is 34.5 Å². The number of ether oxygens (including phenoxy) is 1. The minimum atomic E-state index is -0.139. The van der Waals surface area contributed by atoms with E-state index in [0.29, 0.717) is 17.1 Å². The van der Waals surface area contributed by atoms with Gasteiger partial charge in [0.25, 0.3) is 5.91 Å². The van der Waals surface area contributed by atoms with Gasteiger partial charge in [-0.2, -0.15) is 0 Å². The molecule has 0 fully saturated rings. The maximum atomic E-state index is 12.7. The third-order valence-corrected chi connectivity index (χ3v) is 6.00. The van der Waals surface area contributed by atoms with Crippen molar-refractivity contribution in [3.63, 3.8) is 0 Å². The number of hydrogen-bond acceptors (Lipinski definition) is 5. The van der Waals surface area contributed by atoms with Crippen LogP contribution in [0.4, 0.5) is 5.69 Å². The van der Waals surface area contributed by atoms with E-state index < -0.39 is 0 Å². The van der Waals surface area contributed by atoms with Gasteiger partial charge in [0.2, 0.25) is 0 Å². The fraction of sp³-hybridized carbons (Fsp3) is 0.161. The predicted octanol–water partition coefficient (Wildman–Crippen LogP) is 6.46. The molecule has 0 spiro atoms. The predicted molar refractivity (Wildman–Crippen MR) is 149 cm³/mol. The molecule has 6 heteroatoms. The van der Waals surface area contributed by atoms with Crippen LogP contribution in [-0.4, -0.2) is 23.8 Å². The number of aryl methyl sites for hydroxylation is 1. The number of aliphatic imine (C=N–C) groups is 1. The highest BCUT2D eigenvalue weighted by atomic mass is 16.5. The van der Waals surface area contributed by atoms with Gasteiger partial charge in [0, 0.05) is 16.8 Å². The molecule has 0 aliphatic carbocycles. The second kappa shape index (κ2) is 11.9. The number of phenols is 1. The van der Waals surface area contributed by atoms with E-state index in [4.69, 9.17) is 9.73 Å². The molecule has 0 saturated carbocycles. The molecular weight excluding hydrogens is 462 g/mol. The van der Waals surface area contributed by atoms with Crippen LogP contribution in [0.3, 0.4) is 0 Å². The molecule has 3 aromatic rings. The number of aromatic hydroxyl groups is 1. The van der Waals surface area contributed by atoms with Gasteiger partial charge in [0.05, 0.1) is 18.9 Å². The molecule has 1 aliphatic rings. The van der Waals surface area contributed by atoms with Gasteiger partial charge < -0.3 is 20.5 Å². The van der Waals surface area contributed by atoms with Gasteiger partial charge >= 0.3 is 0 Å². The van der Waals surface area contributed by atoms with Crippen LogP contribution in [-0.2, 0) is 0 Å². The number of carbonyl (C=O) groups excluding carboxylic acids is 1. The topological polar surface area (TPSA) is 82.9 Å². The van der Waals surface area contributed by atoms with Crippen LogP contribution in [0.1, 0.15) is 46.4 Å². The van der Waals surface area contributed by atoms with Gasteiger partial charge in [0.1, 0.15) is 5.82 Å². The maximum Gasteiger partial charge on any atom is 0.255 e. The Labute approximate surface area is 217 Å². The van der Waals surface area contributed by atoms with E-state index in [1.54, 1.807) is 12.1 Å². The SMILES string of the molecule is CC[C@H](NC1=C/C=C/C=C/C(c2ccc(O)c(OC)c2)=N\1)c1cccc(NC(=O)c2cccc(C)c2)c1. The Balaban J connectivity index is 1.55. The zero-order chi connectivity index (χ0) is 26.2. The first-order valence-corrected chi connectivity index (χ1v) is 12.2. The van der Waals surface area contributed by atoms with Crippen molar-refractivity contribution in [2.45, 2.75) is 26.3 Å². The Morgan fingerprint density at radius 3 is 2.65 bits per heavy atom. The minimum Gasteiger partial charge on any atom is -0.504 e. The number of phenolic OH excluding ortho intramolecular Hbond substituents is 1. The van der Waals surface area contributed by atoms with E-state index in [9.17, 15) is 9.90 Å². The first-order valence-electron chi connectivity index (χ1n) is 12.2. The van der Waals surface area contributed by atoms with E-state index >= 15 is 0 Å². The zero-order valence-corrected chi connectivity index (χ0v) is 21.2. The number of benzene rings is 3. The molecule has 3 N–H and O–H groups in total. The molecule has 0 aromatic heterocycles. The average molecular weight is 494 g/mol. The molecule has 37 heavy (non-hydrogen) atoms. The minimum absolute atomic E-state index is 0.0294. The third kappa shape index (κ3) is 6.55. The number of carbonyl (C=O) groups is 1. The maximum absolute atomic E-state index is 12.7. The lowest BCUT2D eigenvalue weighted by Crippen LogP contribution is -2.21. The summed E-state index contributed by atoms with van der Waals surface area (Å²) in [4.78, 5) is 17.6. The van der Waals surface area contributed by atoms with Crippen molar-refractivity contribution in [3.8, 4) is 11.5 Å². The molecule has 6 nitrogen and oxygen atoms in total. The third-order valence-electron chi connectivity index (χ3n) is 6.00. The van der Waals surface area contributed by atoms with Crippen LogP contribution in [0.5, 0.6) is 11.5 Å². The zero-order valence-electron chi connectivity index (χ0n) is 21.2. The van der Waals surface area contributed by atoms with Crippen LogP contribution in [0.25, 0.3) is 0 Å². The van der Waals surface area contributed by atoms with E-state index in [2.05, 4.69) is 17.6 Å². The smallest absolute Gasteiger partial charge is 0.255 e. The lowest BCUT2D eigenvalue weighted by atomic mass is 10.0. The van der Waals surface area contributed by atoms with Crippen molar-refractivity contribution >= 4 is 17.3 Å². The van der Waals surface area contributed by atoms with Crippen LogP contribution in [0, 0.1) is 6.92 Å². The summed E-state index contributed by atoms with van der Waals surface area (Å²) in [6.07, 6.45) is 10.4. The normalized spacial score (nSPS) is 18.1. The van der Waals surface area contributed by atoms with Crippen LogP contribution in [0.15, 0.2) is 108 Å². The second-order valence-corrected chi connectivity index (χ2v) is 8.73. The van der Waals surface area contributed by atoms with Gasteiger partial charge in [-0.3, -0.25) is 4.79 Å². The molecule has 4 rings (SSSR count). The molecular formula is C31H31N3O3. The van der Waals surface area contributed by atoms with Crippen molar-refractivity contribution in [1.82, 2.24) is 5.32 Å². The van der Waals surface area contributed by atoms with Gasteiger partial charge in [-0.1, -0.05) is 55.0 Å². The molecule has 3 aromatic carbocycles. The van der Waals surface area contributed by atoms with E-state index in [-0.39, 0.29) is 17.7 Å². The largest absolute Gasteiger partial charge is 0.504 e. The highest BCUT2D eigenvalue weighted by molar-refractivity contribution is 6.09. The van der Waals surface area contributed by atoms with Gasteiger partial charge in [-0.15, -0.1) is 0 Å². The number of nitrogens with one attached hydrogen (secondary N) is 2. The number of hydrogen-bond donors (Lipinski definition) is 3. The number of anilines is 1. The first kappa shape index (κ1) is 25.5. The lowest BCUT2D eigenvalue weighted by Gasteiger charge is -2.20. The standard InChI is InChI=1S/C31H31N3O3/c1-4-26(22-11-9-13-25(19-22)32-31(36)24-12-8-10-21(2)18-24)33-30-15-7-5-6-14-27(34-30)23-16-17-28(35)29(20-23)37-3/h5-20,26,35H,4H2,1-3H3,(H,32,36)(H,33,34)/t26-/m0/s1. The van der Waals surface area contributed by atoms with Crippen molar-refractivity contribution in [3.05, 3.63) is 125 Å². The Hall–Kier alpha value is -4.58. The molecule has 0 radical (unpaired) electrons. The number of nitrogens with zero attached hydrogens (tertiary/aromatic N) is 1. The lowest BCUT2D eigenvalue weighted by molar-refractivity contribution is 0.102. The monoisotopic (exact) mass is 493 g/mol. The highest BCUT2D eigenvalue weighted by Gasteiger charge is 2.14. The molecule has 1 amide bonds. The quantitative estimate of drug-likeness (QED) is 0.336. The summed E-state index contributed by atoms with van der Waals surface area (Å²) >= 11 is 0. The fourth-order valence-electron chi connectivity index (χ4n) is 4.06. The summed E-state index contributed by atoms with van der Waals surface area (Å²) in [6, 6.07) is 20.5. The molecule has 188 valence electrons. The molecule has 1 atom stereocenters. The van der Waals surface area contributed by atoms with Crippen LogP contribution >= 0.6 is 0 Å². The Kier molecular flexibility index (Phi) is 8.21. The summed E-state index contributed by atoms with van der Waals surface area (Å²) in [5.74, 6) is 1.03. The van der Waals surface area contributed by atoms with Crippen LogP contribution < -0.4 is 15.4 Å². The number of methoxy groups -OCH3 is 1. The molecule has 0 saturated heterocycles. The molecule has 0 unspecified atom stereocenters. The Morgan fingerprint density at radius 1 is 1.03 bits per heavy atom. The highest BCUT2D eigenvalue weighted by Crippen LogP contribution is 2.28. The van der Waals surface area contributed by atoms with Gasteiger partial charge in [0.15, 0.2) is 11.5 Å². The molecule has 1 heterocycles. The fourth-order valence-corrected chi connectivity index (χ4v) is 4.06. The Morgan fingerprint density at radius 2 is 1.86 bits per heavy atom. The summed E-state index contributed by atoms with van der Waals surface area (Å²) in [5.41, 5.74) is 4.99. The van der Waals surface area contributed by atoms with E-state index in [1.165, 1.54) is 7.11 Å². The number of amides is 1. The Bertz CT molecular complexity index is 1400. The number of rotatable bonds is 8. The summed E-state index contributed by atoms with van der Waals surface area (Å²) in [7, 11) is 1.52. The van der Waals surface area contributed by atoms with Crippen molar-refractivity contribution in [2.24, 2.45) is 4.99 Å². The van der Waals surface area contributed by atoms with Crippen molar-refractivity contribution < 1.29 is 14.6 Å². The molecule has 1 aliphatic heterocycles. The number of allylic oxidation sites excluding steroid dienone is 5. The second-order valence-electron chi connectivity index (χ2n) is 8.73. The van der Waals surface area contributed by atoms with Gasteiger partial charge in [-0.05, 0) is 73.5 Å². The van der Waals surface area contributed by atoms with Crippen molar-refractivity contribution in [1.29, 1.82) is 0 Å². The average Bonchev–Trinajstić information content (AvgIpc) is 2.89. The van der Waals surface area contributed by atoms with Crippen LogP contribution in [0.2, 0.25) is 0 Å². The van der Waals surface area contributed by atoms with E-state index in [1.807, 2.05) is 91.9 Å². The summed E-state index contributed by atoms with van der Waals surface area (Å²) < 4.78 is 5.27.